The molecule has 5 aliphatic rings. The first-order chi connectivity index (χ1) is 22.1. The molecular weight excluding hydrogens is 610 g/mol. The van der Waals surface area contributed by atoms with Crippen LogP contribution in [-0.4, -0.2) is 53.5 Å². The summed E-state index contributed by atoms with van der Waals surface area (Å²) in [6.07, 6.45) is 9.91. The number of rotatable bonds is 8. The number of carbonyl (C=O) groups is 5. The molecule has 5 aliphatic carbocycles. The highest BCUT2D eigenvalue weighted by Crippen LogP contribution is 2.75. The summed E-state index contributed by atoms with van der Waals surface area (Å²) in [5, 5.41) is 15.2. The molecule has 3 amide bonds. The van der Waals surface area contributed by atoms with E-state index < -0.39 is 23.5 Å². The lowest BCUT2D eigenvalue weighted by Gasteiger charge is -2.70. The van der Waals surface area contributed by atoms with Crippen molar-refractivity contribution in [3.8, 4) is 0 Å². The average molecular weight is 670 g/mol. The lowest BCUT2D eigenvalue weighted by atomic mass is 9.33. The fraction of sp³-hybridized carbons (Fsp3) is 0.816. The van der Waals surface area contributed by atoms with Crippen LogP contribution in [0.4, 0.5) is 4.79 Å². The Morgan fingerprint density at radius 3 is 2.27 bits per heavy atom. The number of nitrogens with one attached hydrogen (secondary N) is 2. The Morgan fingerprint density at radius 1 is 0.979 bits per heavy atom. The summed E-state index contributed by atoms with van der Waals surface area (Å²) < 4.78 is 5.85. The number of primary amides is 1. The van der Waals surface area contributed by atoms with Crippen molar-refractivity contribution in [1.82, 2.24) is 10.6 Å². The molecule has 0 bridgehead atoms. The zero-order valence-corrected chi connectivity index (χ0v) is 30.4. The summed E-state index contributed by atoms with van der Waals surface area (Å²) in [6.45, 7) is 17.5. The van der Waals surface area contributed by atoms with Gasteiger partial charge in [-0.1, -0.05) is 54.0 Å². The molecule has 5 rings (SSSR count). The van der Waals surface area contributed by atoms with Crippen LogP contribution in [0.2, 0.25) is 0 Å². The van der Waals surface area contributed by atoms with E-state index in [1.165, 1.54) is 12.5 Å². The first-order valence-electron chi connectivity index (χ1n) is 18.1. The minimum Gasteiger partial charge on any atom is -0.480 e. The molecule has 10 heteroatoms. The third-order valence-electron chi connectivity index (χ3n) is 14.9. The number of allylic oxidation sites excluding steroid dienone is 2. The van der Waals surface area contributed by atoms with Crippen LogP contribution >= 0.6 is 0 Å². The minimum absolute atomic E-state index is 0.0344. The molecule has 0 aliphatic heterocycles. The third kappa shape index (κ3) is 5.66. The molecule has 1 unspecified atom stereocenters. The normalized spacial score (nSPS) is 42.0. The number of ether oxygens (including phenoxy) is 1. The van der Waals surface area contributed by atoms with Gasteiger partial charge in [-0.25, -0.2) is 9.59 Å². The second-order valence-corrected chi connectivity index (χ2v) is 18.0. The monoisotopic (exact) mass is 669 g/mol. The number of hydrogen-bond acceptors (Lipinski definition) is 6. The van der Waals surface area contributed by atoms with Gasteiger partial charge >= 0.3 is 18.0 Å². The van der Waals surface area contributed by atoms with E-state index in [4.69, 9.17) is 10.5 Å². The van der Waals surface area contributed by atoms with Gasteiger partial charge in [0, 0.05) is 30.2 Å². The Labute approximate surface area is 286 Å². The van der Waals surface area contributed by atoms with E-state index >= 15 is 0 Å². The van der Waals surface area contributed by atoms with Gasteiger partial charge in [0.25, 0.3) is 0 Å². The second-order valence-electron chi connectivity index (χ2n) is 18.0. The quantitative estimate of drug-likeness (QED) is 0.184. The number of ketones is 1. The van der Waals surface area contributed by atoms with Gasteiger partial charge in [0.2, 0.25) is 5.91 Å². The number of carboxylic acid groups (broad SMARTS) is 1. The van der Waals surface area contributed by atoms with Crippen molar-refractivity contribution in [2.24, 2.45) is 56.0 Å². The van der Waals surface area contributed by atoms with E-state index in [0.29, 0.717) is 19.3 Å². The molecule has 48 heavy (non-hydrogen) atoms. The van der Waals surface area contributed by atoms with Crippen molar-refractivity contribution in [2.75, 3.05) is 6.54 Å². The Balaban J connectivity index is 1.43. The van der Waals surface area contributed by atoms with Crippen LogP contribution in [-0.2, 0) is 23.9 Å². The van der Waals surface area contributed by atoms with Gasteiger partial charge in [-0.3, -0.25) is 14.4 Å². The van der Waals surface area contributed by atoms with Gasteiger partial charge < -0.3 is 26.2 Å². The maximum Gasteiger partial charge on any atom is 0.326 e. The highest BCUT2D eigenvalue weighted by molar-refractivity contribution is 5.96. The Hall–Kier alpha value is -2.91. The molecular formula is C38H59N3O7. The first-order valence-corrected chi connectivity index (χ1v) is 18.1. The predicted molar refractivity (Wildman–Crippen MR) is 181 cm³/mol. The summed E-state index contributed by atoms with van der Waals surface area (Å²) in [7, 11) is 0. The van der Waals surface area contributed by atoms with E-state index in [9.17, 15) is 29.1 Å². The lowest BCUT2D eigenvalue weighted by Crippen LogP contribution is -2.67. The number of amides is 3. The van der Waals surface area contributed by atoms with Crippen LogP contribution in [0.1, 0.15) is 126 Å². The Morgan fingerprint density at radius 2 is 1.65 bits per heavy atom. The summed E-state index contributed by atoms with van der Waals surface area (Å²) in [4.78, 5) is 63.7. The van der Waals surface area contributed by atoms with Crippen molar-refractivity contribution in [1.29, 1.82) is 0 Å². The van der Waals surface area contributed by atoms with Crippen LogP contribution in [0.3, 0.4) is 0 Å². The van der Waals surface area contributed by atoms with Crippen molar-refractivity contribution in [2.45, 2.75) is 138 Å². The molecule has 10 atom stereocenters. The molecule has 0 saturated heterocycles. The summed E-state index contributed by atoms with van der Waals surface area (Å²) in [5.41, 5.74) is 4.54. The van der Waals surface area contributed by atoms with E-state index in [-0.39, 0.29) is 81.6 Å². The van der Waals surface area contributed by atoms with Gasteiger partial charge in [-0.05, 0) is 110 Å². The number of aliphatic carboxylic acids is 1. The summed E-state index contributed by atoms with van der Waals surface area (Å²) in [6, 6.07) is -1.74. The SMILES string of the molecule is CC(=O)O[C@H]1CC[C@]2(C)[C@H]3C(=O)C=C4[C@@H]5C[C@@](C)(C(=O)NC(CCCNC(N)=O)C(=O)O)CC[C@]5(C)CC[C@@]4(C)[C@]3(C)CC[C@H]2C1(C)C. The van der Waals surface area contributed by atoms with E-state index in [1.54, 1.807) is 0 Å². The van der Waals surface area contributed by atoms with Crippen LogP contribution in [0.25, 0.3) is 0 Å². The van der Waals surface area contributed by atoms with Gasteiger partial charge in [-0.15, -0.1) is 0 Å². The molecule has 0 spiro atoms. The van der Waals surface area contributed by atoms with E-state index in [0.717, 1.165) is 44.9 Å². The van der Waals surface area contributed by atoms with Crippen molar-refractivity contribution < 1.29 is 33.8 Å². The molecule has 0 aromatic carbocycles. The topological polar surface area (TPSA) is 165 Å². The molecule has 4 saturated carbocycles. The first kappa shape index (κ1) is 36.4. The van der Waals surface area contributed by atoms with Gasteiger partial charge in [0.05, 0.1) is 0 Å². The zero-order valence-electron chi connectivity index (χ0n) is 30.4. The fourth-order valence-corrected chi connectivity index (χ4v) is 11.9. The lowest BCUT2D eigenvalue weighted by molar-refractivity contribution is -0.210. The molecule has 0 radical (unpaired) electrons. The van der Waals surface area contributed by atoms with Gasteiger partial charge in [0.1, 0.15) is 12.1 Å². The largest absolute Gasteiger partial charge is 0.480 e. The summed E-state index contributed by atoms with van der Waals surface area (Å²) >= 11 is 0. The predicted octanol–water partition coefficient (Wildman–Crippen LogP) is 5.92. The highest BCUT2D eigenvalue weighted by Gasteiger charge is 2.70. The standard InChI is InChI=1S/C38H59N3O7/c1-22(42)48-28-12-13-36(6)27(33(28,2)3)11-14-38(8)29(36)26(43)20-23-24-21-35(5,16-15-34(24,4)17-18-37(23,38)7)31(46)41-25(30(44)45)10-9-19-40-32(39)47/h20,24-25,27-29H,9-19,21H2,1-8H3,(H,41,46)(H,44,45)(H3,39,40,47)/t24-,25?,27-,28-,29+,34+,35-,36-,37+,38+/m0/s1. The van der Waals surface area contributed by atoms with Crippen LogP contribution in [0.15, 0.2) is 11.6 Å². The molecule has 0 aromatic heterocycles. The minimum atomic E-state index is -1.11. The number of urea groups is 1. The third-order valence-corrected chi connectivity index (χ3v) is 14.9. The number of fused-ring (bicyclic) bond motifs is 7. The smallest absolute Gasteiger partial charge is 0.326 e. The number of carbonyl (C=O) groups excluding carboxylic acids is 4. The molecule has 0 heterocycles. The van der Waals surface area contributed by atoms with Crippen molar-refractivity contribution in [3.05, 3.63) is 11.6 Å². The average Bonchev–Trinajstić information content (AvgIpc) is 2.97. The molecule has 4 fully saturated rings. The maximum atomic E-state index is 14.7. The van der Waals surface area contributed by atoms with Crippen LogP contribution < -0.4 is 16.4 Å². The molecule has 10 nitrogen and oxygen atoms in total. The zero-order chi connectivity index (χ0) is 35.7. The number of nitrogens with two attached hydrogens (primary N) is 1. The van der Waals surface area contributed by atoms with Gasteiger partial charge in [-0.2, -0.15) is 0 Å². The molecule has 0 aromatic rings. The molecule has 268 valence electrons. The Kier molecular flexibility index (Phi) is 9.21. The van der Waals surface area contributed by atoms with Crippen molar-refractivity contribution >= 4 is 29.7 Å². The second kappa shape index (κ2) is 12.1. The number of carboxylic acids is 1. The van der Waals surface area contributed by atoms with E-state index in [1.807, 2.05) is 13.0 Å². The number of hydrogen-bond donors (Lipinski definition) is 4. The van der Waals surface area contributed by atoms with Gasteiger partial charge in [0.15, 0.2) is 5.78 Å². The van der Waals surface area contributed by atoms with Crippen LogP contribution in [0, 0.1) is 50.2 Å². The highest BCUT2D eigenvalue weighted by atomic mass is 16.5. The van der Waals surface area contributed by atoms with Crippen LogP contribution in [0.5, 0.6) is 0 Å². The maximum absolute atomic E-state index is 14.7. The summed E-state index contributed by atoms with van der Waals surface area (Å²) in [5.74, 6) is -1.28. The van der Waals surface area contributed by atoms with Crippen molar-refractivity contribution in [3.63, 3.8) is 0 Å². The Bertz CT molecular complexity index is 1410. The number of esters is 1. The fourth-order valence-electron chi connectivity index (χ4n) is 11.9. The molecule has 5 N–H and O–H groups in total. The van der Waals surface area contributed by atoms with E-state index in [2.05, 4.69) is 52.2 Å².